The van der Waals surface area contributed by atoms with Crippen LogP contribution in [0.2, 0.25) is 0 Å². The molecule has 0 aliphatic rings. The van der Waals surface area contributed by atoms with Crippen LogP contribution in [0.3, 0.4) is 0 Å². The number of sulfonamides is 1. The lowest BCUT2D eigenvalue weighted by molar-refractivity contribution is 0.591. The van der Waals surface area contributed by atoms with Crippen molar-refractivity contribution in [3.8, 4) is 0 Å². The second-order valence-corrected chi connectivity index (χ2v) is 2.63. The van der Waals surface area contributed by atoms with Crippen LogP contribution in [-0.2, 0) is 10.0 Å². The Morgan fingerprint density at radius 1 is 1.57 bits per heavy atom. The number of hydrogen-bond acceptors (Lipinski definition) is 4. The van der Waals surface area contributed by atoms with Gasteiger partial charge in [0.1, 0.15) is 5.88 Å². The first-order valence-electron chi connectivity index (χ1n) is 1.50. The molecule has 0 aromatic carbocycles. The number of nitrogens with one attached hydrogen (secondary N) is 1. The maximum atomic E-state index is 9.87. The molecule has 6 heteroatoms. The van der Waals surface area contributed by atoms with Crippen molar-refractivity contribution >= 4 is 10.0 Å². The molecule has 0 aliphatic heterocycles. The Bertz CT molecular complexity index is 126. The van der Waals surface area contributed by atoms with Crippen molar-refractivity contribution in [2.75, 3.05) is 5.88 Å². The minimum atomic E-state index is -3.41. The smallest absolute Gasteiger partial charge is 0.223 e. The van der Waals surface area contributed by atoms with E-state index in [1.807, 2.05) is 5.43 Å². The summed E-state index contributed by atoms with van der Waals surface area (Å²) >= 11 is 0. The average molecular weight is 125 g/mol. The molecule has 0 aromatic rings. The van der Waals surface area contributed by atoms with Crippen molar-refractivity contribution < 1.29 is 8.42 Å². The lowest BCUT2D eigenvalue weighted by atomic mass is 11.5. The molecule has 0 atom stereocenters. The summed E-state index contributed by atoms with van der Waals surface area (Å²) in [6, 6.07) is 0. The van der Waals surface area contributed by atoms with Crippen LogP contribution >= 0.6 is 0 Å². The quantitative estimate of drug-likeness (QED) is 0.285. The number of nitrogens with two attached hydrogens (primary N) is 2. The lowest BCUT2D eigenvalue weighted by Crippen LogP contribution is -2.32. The Kier molecular flexibility index (Phi) is 2.16. The summed E-state index contributed by atoms with van der Waals surface area (Å²) in [5, 5.41) is 4.48. The highest BCUT2D eigenvalue weighted by Gasteiger charge is 1.95. The second-order valence-electron chi connectivity index (χ2n) is 1.01. The zero-order chi connectivity index (χ0) is 5.91. The molecule has 0 aliphatic carbocycles. The summed E-state index contributed by atoms with van der Waals surface area (Å²) < 4.78 is 19.7. The van der Waals surface area contributed by atoms with Gasteiger partial charge in [-0.2, -0.15) is 0 Å². The molecule has 5 N–H and O–H groups in total. The molecule has 0 fully saturated rings. The summed E-state index contributed by atoms with van der Waals surface area (Å²) in [7, 11) is -3.41. The van der Waals surface area contributed by atoms with Gasteiger partial charge >= 0.3 is 0 Å². The first kappa shape index (κ1) is 6.83. The van der Waals surface area contributed by atoms with Gasteiger partial charge in [0.15, 0.2) is 0 Å². The van der Waals surface area contributed by atoms with Crippen molar-refractivity contribution in [1.82, 2.24) is 5.43 Å². The van der Waals surface area contributed by atoms with E-state index in [-0.39, 0.29) is 5.88 Å². The monoisotopic (exact) mass is 125 g/mol. The van der Waals surface area contributed by atoms with Gasteiger partial charge in [0, 0.05) is 0 Å². The predicted molar refractivity (Wildman–Crippen MR) is 25.3 cm³/mol. The molecule has 0 aromatic heterocycles. The molecule has 7 heavy (non-hydrogen) atoms. The molecule has 0 bridgehead atoms. The van der Waals surface area contributed by atoms with Crippen LogP contribution < -0.4 is 16.4 Å². The average Bonchev–Trinajstić information content (AvgIpc) is 1.30. The van der Waals surface area contributed by atoms with E-state index >= 15 is 0 Å². The fourth-order valence-corrected chi connectivity index (χ4v) is 0.348. The molecule has 44 valence electrons. The molecule has 0 saturated carbocycles. The molecule has 0 heterocycles. The van der Waals surface area contributed by atoms with Crippen LogP contribution in [0.4, 0.5) is 0 Å². The normalized spacial score (nSPS) is 11.7. The van der Waals surface area contributed by atoms with Crippen molar-refractivity contribution in [1.29, 1.82) is 0 Å². The zero-order valence-electron chi connectivity index (χ0n) is 3.59. The van der Waals surface area contributed by atoms with Crippen molar-refractivity contribution in [2.45, 2.75) is 0 Å². The van der Waals surface area contributed by atoms with Gasteiger partial charge in [-0.3, -0.25) is 5.84 Å². The van der Waals surface area contributed by atoms with Crippen LogP contribution in [0, 0.1) is 0 Å². The summed E-state index contributed by atoms with van der Waals surface area (Å²) in [5.74, 6) is 4.22. The highest BCUT2D eigenvalue weighted by Crippen LogP contribution is 1.64. The van der Waals surface area contributed by atoms with Gasteiger partial charge in [-0.15, -0.1) is 0 Å². The van der Waals surface area contributed by atoms with Crippen LogP contribution in [0.25, 0.3) is 0 Å². The van der Waals surface area contributed by atoms with Crippen LogP contribution in [0.1, 0.15) is 0 Å². The Labute approximate surface area is 41.7 Å². The number of primary sulfonamides is 1. The van der Waals surface area contributed by atoms with E-state index in [1.54, 1.807) is 0 Å². The predicted octanol–water partition coefficient (Wildman–Crippen LogP) is -2.30. The topological polar surface area (TPSA) is 98.2 Å². The number of hydrogen-bond donors (Lipinski definition) is 3. The van der Waals surface area contributed by atoms with Crippen molar-refractivity contribution in [3.05, 3.63) is 0 Å². The molecule has 0 saturated heterocycles. The fourth-order valence-electron chi connectivity index (χ4n) is 0.116. The van der Waals surface area contributed by atoms with Crippen molar-refractivity contribution in [2.24, 2.45) is 11.0 Å². The van der Waals surface area contributed by atoms with Gasteiger partial charge in [-0.1, -0.05) is 0 Å². The van der Waals surface area contributed by atoms with E-state index in [0.29, 0.717) is 0 Å². The third kappa shape index (κ3) is 5.83. The van der Waals surface area contributed by atoms with Gasteiger partial charge in [0.25, 0.3) is 0 Å². The molecule has 0 rings (SSSR count). The van der Waals surface area contributed by atoms with Gasteiger partial charge in [0.05, 0.1) is 0 Å². The third-order valence-corrected chi connectivity index (χ3v) is 0.854. The lowest BCUT2D eigenvalue weighted by Gasteiger charge is -1.90. The zero-order valence-corrected chi connectivity index (χ0v) is 4.40. The van der Waals surface area contributed by atoms with E-state index in [1.165, 1.54) is 0 Å². The molecule has 5 nitrogen and oxygen atoms in total. The van der Waals surface area contributed by atoms with Crippen molar-refractivity contribution in [3.63, 3.8) is 0 Å². The highest BCUT2D eigenvalue weighted by molar-refractivity contribution is 7.89. The maximum Gasteiger partial charge on any atom is 0.223 e. The van der Waals surface area contributed by atoms with Crippen LogP contribution in [0.5, 0.6) is 0 Å². The van der Waals surface area contributed by atoms with E-state index in [0.717, 1.165) is 0 Å². The van der Waals surface area contributed by atoms with Gasteiger partial charge < -0.3 is 0 Å². The summed E-state index contributed by atoms with van der Waals surface area (Å²) in [6.45, 7) is 0. The first-order chi connectivity index (χ1) is 3.06. The van der Waals surface area contributed by atoms with E-state index < -0.39 is 10.0 Å². The minimum Gasteiger partial charge on any atom is -0.270 e. The maximum absolute atomic E-state index is 9.87. The third-order valence-electron chi connectivity index (χ3n) is 0.285. The summed E-state index contributed by atoms with van der Waals surface area (Å²) in [4.78, 5) is 0. The molecule has 0 radical (unpaired) electrons. The SMILES string of the molecule is NNCS(N)(=O)=O. The Morgan fingerprint density at radius 3 is 2.00 bits per heavy atom. The molecular weight excluding hydrogens is 118 g/mol. The van der Waals surface area contributed by atoms with Gasteiger partial charge in [-0.05, 0) is 0 Å². The molecule has 0 spiro atoms. The highest BCUT2D eigenvalue weighted by atomic mass is 32.2. The Morgan fingerprint density at radius 2 is 2.00 bits per heavy atom. The van der Waals surface area contributed by atoms with E-state index in [4.69, 9.17) is 0 Å². The fraction of sp³-hybridized carbons (Fsp3) is 1.00. The molecule has 0 amide bonds. The summed E-state index contributed by atoms with van der Waals surface area (Å²) in [6.07, 6.45) is 0. The molecule has 0 unspecified atom stereocenters. The number of hydrazine groups is 1. The second kappa shape index (κ2) is 2.22. The van der Waals surface area contributed by atoms with E-state index in [9.17, 15) is 8.42 Å². The largest absolute Gasteiger partial charge is 0.270 e. The van der Waals surface area contributed by atoms with Gasteiger partial charge in [-0.25, -0.2) is 19.0 Å². The minimum absolute atomic E-state index is 0.382. The summed E-state index contributed by atoms with van der Waals surface area (Å²) in [5.41, 5.74) is 1.89. The molecular formula is CH7N3O2S. The standard InChI is InChI=1S/CH7N3O2S/c2-4-1-7(3,5)6/h4H,1-2H2,(H2,3,5,6). The number of rotatable bonds is 2. The van der Waals surface area contributed by atoms with Gasteiger partial charge in [0.2, 0.25) is 10.0 Å². The van der Waals surface area contributed by atoms with Crippen LogP contribution in [-0.4, -0.2) is 14.3 Å². The Hall–Kier alpha value is -0.170. The Balaban J connectivity index is 3.60. The van der Waals surface area contributed by atoms with E-state index in [2.05, 4.69) is 11.0 Å². The van der Waals surface area contributed by atoms with Crippen LogP contribution in [0.15, 0.2) is 0 Å². The first-order valence-corrected chi connectivity index (χ1v) is 3.22.